The van der Waals surface area contributed by atoms with Gasteiger partial charge < -0.3 is 5.32 Å². The van der Waals surface area contributed by atoms with Gasteiger partial charge in [-0.1, -0.05) is 30.3 Å². The number of para-hydroxylation sites is 1. The molecule has 2 aliphatic rings. The number of nitrogens with one attached hydrogen (secondary N) is 1. The molecule has 4 nitrogen and oxygen atoms in total. The molecule has 148 valence electrons. The highest BCUT2D eigenvalue weighted by molar-refractivity contribution is 5.93. The lowest BCUT2D eigenvalue weighted by Crippen LogP contribution is -2.49. The van der Waals surface area contributed by atoms with Crippen molar-refractivity contribution in [1.29, 1.82) is 0 Å². The summed E-state index contributed by atoms with van der Waals surface area (Å²) in [6.07, 6.45) is 0. The van der Waals surface area contributed by atoms with E-state index < -0.39 is 0 Å². The average molecular weight is 381 g/mol. The van der Waals surface area contributed by atoms with E-state index in [1.165, 1.54) is 12.1 Å². The van der Waals surface area contributed by atoms with E-state index in [0.29, 0.717) is 6.54 Å². The van der Waals surface area contributed by atoms with Crippen LogP contribution in [-0.4, -0.2) is 53.8 Å². The van der Waals surface area contributed by atoms with E-state index in [-0.39, 0.29) is 23.1 Å². The fraction of sp³-hybridized carbons (Fsp3) is 0.435. The lowest BCUT2D eigenvalue weighted by atomic mass is 9.82. The average Bonchev–Trinajstić information content (AvgIpc) is 2.95. The van der Waals surface area contributed by atoms with Gasteiger partial charge in [-0.3, -0.25) is 14.6 Å². The van der Waals surface area contributed by atoms with Crippen molar-refractivity contribution in [3.8, 4) is 0 Å². The number of nitrogens with zero attached hydrogens (tertiary/aromatic N) is 2. The third-order valence-electron chi connectivity index (χ3n) is 5.94. The molecule has 5 heteroatoms. The van der Waals surface area contributed by atoms with Crippen LogP contribution in [-0.2, 0) is 11.3 Å². The van der Waals surface area contributed by atoms with Gasteiger partial charge in [-0.2, -0.15) is 0 Å². The first-order valence-electron chi connectivity index (χ1n) is 10.0. The van der Waals surface area contributed by atoms with Crippen molar-refractivity contribution < 1.29 is 9.18 Å². The molecule has 0 amide bonds. The Morgan fingerprint density at radius 3 is 2.39 bits per heavy atom. The number of Topliss-reactive ketones (excluding diaryl/α,β-unsaturated/α-hetero) is 1. The Bertz CT molecular complexity index is 841. The Kier molecular flexibility index (Phi) is 5.21. The van der Waals surface area contributed by atoms with E-state index in [9.17, 15) is 9.18 Å². The van der Waals surface area contributed by atoms with Gasteiger partial charge in [0.25, 0.3) is 0 Å². The maximum Gasteiger partial charge on any atom is 0.156 e. The molecule has 0 bridgehead atoms. The maximum absolute atomic E-state index is 13.2. The number of rotatable bonds is 5. The number of piperazine rings is 1. The second-order valence-corrected chi connectivity index (χ2v) is 8.51. The number of carbonyl (C=O) groups excluding carboxylic acids is 1. The molecule has 1 unspecified atom stereocenters. The smallest absolute Gasteiger partial charge is 0.156 e. The maximum atomic E-state index is 13.2. The second kappa shape index (κ2) is 7.64. The van der Waals surface area contributed by atoms with Gasteiger partial charge in [0, 0.05) is 44.0 Å². The highest BCUT2D eigenvalue weighted by atomic mass is 19.1. The van der Waals surface area contributed by atoms with Crippen LogP contribution < -0.4 is 5.32 Å². The van der Waals surface area contributed by atoms with Gasteiger partial charge in [-0.05, 0) is 43.2 Å². The highest BCUT2D eigenvalue weighted by Crippen LogP contribution is 2.42. The molecule has 28 heavy (non-hydrogen) atoms. The van der Waals surface area contributed by atoms with Gasteiger partial charge >= 0.3 is 0 Å². The van der Waals surface area contributed by atoms with Crippen LogP contribution in [0, 0.1) is 5.82 Å². The van der Waals surface area contributed by atoms with Crippen LogP contribution in [0.5, 0.6) is 0 Å². The van der Waals surface area contributed by atoms with E-state index in [2.05, 4.69) is 41.1 Å². The van der Waals surface area contributed by atoms with Gasteiger partial charge in [0.15, 0.2) is 5.78 Å². The lowest BCUT2D eigenvalue weighted by Gasteiger charge is -2.35. The van der Waals surface area contributed by atoms with E-state index >= 15 is 0 Å². The minimum absolute atomic E-state index is 0.110. The van der Waals surface area contributed by atoms with Crippen molar-refractivity contribution in [2.45, 2.75) is 31.8 Å². The number of halogens is 1. The lowest BCUT2D eigenvalue weighted by molar-refractivity contribution is -0.122. The fourth-order valence-electron chi connectivity index (χ4n) is 4.51. The number of fused-ring (bicyclic) bond motifs is 1. The number of carbonyl (C=O) groups is 1. The van der Waals surface area contributed by atoms with Crippen LogP contribution in [0.1, 0.15) is 30.9 Å². The largest absolute Gasteiger partial charge is 0.379 e. The molecular weight excluding hydrogens is 353 g/mol. The Balaban J connectivity index is 1.33. The van der Waals surface area contributed by atoms with Crippen molar-refractivity contribution in [1.82, 2.24) is 9.80 Å². The molecule has 2 heterocycles. The first kappa shape index (κ1) is 19.1. The Morgan fingerprint density at radius 2 is 1.68 bits per heavy atom. The van der Waals surface area contributed by atoms with Gasteiger partial charge in [-0.25, -0.2) is 4.39 Å². The van der Waals surface area contributed by atoms with Gasteiger partial charge in [0.05, 0.1) is 12.5 Å². The number of hydrogen-bond acceptors (Lipinski definition) is 4. The molecule has 1 fully saturated rings. The summed E-state index contributed by atoms with van der Waals surface area (Å²) in [5, 5.41) is 3.51. The molecule has 4 rings (SSSR count). The van der Waals surface area contributed by atoms with Crippen LogP contribution in [0.4, 0.5) is 10.1 Å². The van der Waals surface area contributed by atoms with E-state index in [1.54, 1.807) is 0 Å². The second-order valence-electron chi connectivity index (χ2n) is 8.51. The zero-order valence-electron chi connectivity index (χ0n) is 16.6. The first-order chi connectivity index (χ1) is 13.4. The molecular formula is C23H28FN3O. The van der Waals surface area contributed by atoms with Gasteiger partial charge in [-0.15, -0.1) is 0 Å². The molecule has 2 aromatic rings. The van der Waals surface area contributed by atoms with Crippen LogP contribution in [0.15, 0.2) is 48.5 Å². The zero-order valence-corrected chi connectivity index (χ0v) is 16.6. The number of hydrogen-bond donors (Lipinski definition) is 1. The van der Waals surface area contributed by atoms with Crippen molar-refractivity contribution in [2.75, 3.05) is 38.0 Å². The molecule has 0 aromatic heterocycles. The van der Waals surface area contributed by atoms with Gasteiger partial charge in [0.1, 0.15) is 5.82 Å². The fourth-order valence-corrected chi connectivity index (χ4v) is 4.51. The van der Waals surface area contributed by atoms with Crippen LogP contribution in [0.3, 0.4) is 0 Å². The summed E-state index contributed by atoms with van der Waals surface area (Å²) in [4.78, 5) is 17.8. The van der Waals surface area contributed by atoms with Crippen molar-refractivity contribution >= 4 is 11.5 Å². The zero-order chi connectivity index (χ0) is 19.7. The summed E-state index contributed by atoms with van der Waals surface area (Å²) in [5.74, 6) is -0.0200. The number of ketones is 1. The predicted octanol–water partition coefficient (Wildman–Crippen LogP) is 3.50. The molecule has 2 aromatic carbocycles. The minimum atomic E-state index is -0.259. The Morgan fingerprint density at radius 1 is 1.04 bits per heavy atom. The van der Waals surface area contributed by atoms with E-state index in [1.807, 2.05) is 24.3 Å². The summed E-state index contributed by atoms with van der Waals surface area (Å²) in [5.41, 5.74) is 3.06. The highest BCUT2D eigenvalue weighted by Gasteiger charge is 2.43. The molecule has 1 saturated heterocycles. The Hall–Kier alpha value is -2.24. The monoisotopic (exact) mass is 381 g/mol. The van der Waals surface area contributed by atoms with Crippen molar-refractivity contribution in [3.63, 3.8) is 0 Å². The summed E-state index contributed by atoms with van der Waals surface area (Å²) in [6, 6.07) is 14.9. The van der Waals surface area contributed by atoms with Crippen molar-refractivity contribution in [2.24, 2.45) is 0 Å². The summed E-state index contributed by atoms with van der Waals surface area (Å²) in [6.45, 7) is 9.15. The molecule has 2 aliphatic heterocycles. The normalized spacial score (nSPS) is 21.9. The number of anilines is 1. The topological polar surface area (TPSA) is 35.6 Å². The van der Waals surface area contributed by atoms with E-state index in [0.717, 1.165) is 49.5 Å². The molecule has 1 atom stereocenters. The van der Waals surface area contributed by atoms with Crippen LogP contribution >= 0.6 is 0 Å². The summed E-state index contributed by atoms with van der Waals surface area (Å²) >= 11 is 0. The molecule has 0 aliphatic carbocycles. The van der Waals surface area contributed by atoms with Crippen LogP contribution in [0.25, 0.3) is 0 Å². The SMILES string of the molecule is CC1(C)Nc2ccccc2C1C(=O)CN1CCN(Cc2ccc(F)cc2)CC1. The standard InChI is InChI=1S/C23H28FN3O/c1-23(2)22(19-5-3-4-6-20(19)25-23)21(28)16-27-13-11-26(12-14-27)15-17-7-9-18(24)10-8-17/h3-10,22,25H,11-16H2,1-2H3. The third kappa shape index (κ3) is 3.96. The quantitative estimate of drug-likeness (QED) is 0.860. The Labute approximate surface area is 166 Å². The molecule has 0 spiro atoms. The molecule has 1 N–H and O–H groups in total. The minimum Gasteiger partial charge on any atom is -0.379 e. The molecule has 0 saturated carbocycles. The van der Waals surface area contributed by atoms with Crippen molar-refractivity contribution in [3.05, 3.63) is 65.5 Å². The molecule has 0 radical (unpaired) electrons. The predicted molar refractivity (Wildman–Crippen MR) is 110 cm³/mol. The summed E-state index contributed by atoms with van der Waals surface area (Å²) in [7, 11) is 0. The summed E-state index contributed by atoms with van der Waals surface area (Å²) < 4.78 is 13.1. The van der Waals surface area contributed by atoms with E-state index in [4.69, 9.17) is 0 Å². The van der Waals surface area contributed by atoms with Gasteiger partial charge in [0.2, 0.25) is 0 Å². The number of benzene rings is 2. The third-order valence-corrected chi connectivity index (χ3v) is 5.94. The first-order valence-corrected chi connectivity index (χ1v) is 10.0. The van der Waals surface area contributed by atoms with Crippen LogP contribution in [0.2, 0.25) is 0 Å².